The Morgan fingerprint density at radius 2 is 2.00 bits per heavy atom. The summed E-state index contributed by atoms with van der Waals surface area (Å²) in [5, 5.41) is 13.8. The van der Waals surface area contributed by atoms with Crippen molar-refractivity contribution in [3.63, 3.8) is 0 Å². The van der Waals surface area contributed by atoms with E-state index in [2.05, 4.69) is 15.3 Å². The van der Waals surface area contributed by atoms with E-state index in [1.165, 1.54) is 16.4 Å². The van der Waals surface area contributed by atoms with Crippen molar-refractivity contribution in [3.05, 3.63) is 40.2 Å². The van der Waals surface area contributed by atoms with Crippen LogP contribution in [0.5, 0.6) is 11.5 Å². The van der Waals surface area contributed by atoms with E-state index >= 15 is 0 Å². The molecule has 0 bridgehead atoms. The lowest BCUT2D eigenvalue weighted by Gasteiger charge is -2.20. The maximum absolute atomic E-state index is 6.28. The molecule has 0 fully saturated rings. The van der Waals surface area contributed by atoms with Crippen LogP contribution in [-0.2, 0) is 5.75 Å². The van der Waals surface area contributed by atoms with Crippen molar-refractivity contribution >= 4 is 23.4 Å². The van der Waals surface area contributed by atoms with Gasteiger partial charge >= 0.3 is 0 Å². The van der Waals surface area contributed by atoms with Gasteiger partial charge < -0.3 is 15.3 Å². The van der Waals surface area contributed by atoms with Gasteiger partial charge in [0.2, 0.25) is 5.16 Å². The number of hydrogen-bond acceptors (Lipinski definition) is 7. The quantitative estimate of drug-likeness (QED) is 0.538. The highest BCUT2D eigenvalue weighted by atomic mass is 35.5. The molecule has 1 aliphatic rings. The Morgan fingerprint density at radius 1 is 1.19 bits per heavy atom. The molecule has 0 unspecified atom stereocenters. The summed E-state index contributed by atoms with van der Waals surface area (Å²) in [4.78, 5) is 0. The molecule has 0 spiro atoms. The first kappa shape index (κ1) is 17.0. The monoisotopic (exact) mass is 392 g/mol. The van der Waals surface area contributed by atoms with E-state index in [0.29, 0.717) is 46.6 Å². The van der Waals surface area contributed by atoms with Gasteiger partial charge in [-0.1, -0.05) is 23.4 Å². The number of halogens is 1. The van der Waals surface area contributed by atoms with Crippen LogP contribution < -0.4 is 15.3 Å². The fourth-order valence-electron chi connectivity index (χ4n) is 2.74. The number of rotatable bonds is 4. The first-order valence-corrected chi connectivity index (χ1v) is 9.34. The Kier molecular flexibility index (Phi) is 4.41. The molecular formula is C16H17ClN6O2S. The Labute approximate surface area is 159 Å². The molecule has 0 aliphatic carbocycles. The van der Waals surface area contributed by atoms with E-state index in [-0.39, 0.29) is 0 Å². The summed E-state index contributed by atoms with van der Waals surface area (Å²) < 4.78 is 14.3. The van der Waals surface area contributed by atoms with Crippen LogP contribution in [0.25, 0.3) is 5.95 Å². The van der Waals surface area contributed by atoms with Gasteiger partial charge in [0.25, 0.3) is 5.95 Å². The maximum atomic E-state index is 6.28. The maximum Gasteiger partial charge on any atom is 0.271 e. The number of aromatic nitrogens is 5. The van der Waals surface area contributed by atoms with Gasteiger partial charge in [-0.3, -0.25) is 0 Å². The van der Waals surface area contributed by atoms with Crippen molar-refractivity contribution in [2.24, 2.45) is 0 Å². The first-order valence-electron chi connectivity index (χ1n) is 7.98. The van der Waals surface area contributed by atoms with Crippen molar-refractivity contribution in [1.82, 2.24) is 24.7 Å². The predicted molar refractivity (Wildman–Crippen MR) is 98.8 cm³/mol. The van der Waals surface area contributed by atoms with Crippen LogP contribution in [0.15, 0.2) is 23.4 Å². The molecule has 4 rings (SSSR count). The average Bonchev–Trinajstić information content (AvgIpc) is 3.14. The SMILES string of the molecule is Cc1cc(C)n(-c2nnc(SCc3cc(Cl)c4c(c3)OCCO4)n2N)n1. The van der Waals surface area contributed by atoms with Crippen LogP contribution in [0.4, 0.5) is 0 Å². The number of ether oxygens (including phenoxy) is 2. The lowest BCUT2D eigenvalue weighted by atomic mass is 10.2. The summed E-state index contributed by atoms with van der Waals surface area (Å²) in [7, 11) is 0. The molecule has 0 saturated carbocycles. The molecular weight excluding hydrogens is 376 g/mol. The number of aryl methyl sites for hydroxylation is 2. The van der Waals surface area contributed by atoms with Crippen molar-refractivity contribution < 1.29 is 9.47 Å². The number of nitrogen functional groups attached to an aromatic ring is 1. The lowest BCUT2D eigenvalue weighted by Crippen LogP contribution is -2.17. The fourth-order valence-corrected chi connectivity index (χ4v) is 3.81. The number of fused-ring (bicyclic) bond motifs is 1. The van der Waals surface area contributed by atoms with Crippen molar-refractivity contribution in [2.75, 3.05) is 19.1 Å². The van der Waals surface area contributed by atoms with Crippen LogP contribution in [0.1, 0.15) is 17.0 Å². The van der Waals surface area contributed by atoms with Gasteiger partial charge in [0, 0.05) is 11.4 Å². The van der Waals surface area contributed by atoms with Crippen LogP contribution >= 0.6 is 23.4 Å². The van der Waals surface area contributed by atoms with E-state index in [1.807, 2.05) is 32.0 Å². The van der Waals surface area contributed by atoms with Crippen molar-refractivity contribution in [3.8, 4) is 17.4 Å². The lowest BCUT2D eigenvalue weighted by molar-refractivity contribution is 0.171. The van der Waals surface area contributed by atoms with E-state index in [0.717, 1.165) is 17.0 Å². The minimum atomic E-state index is 0.471. The van der Waals surface area contributed by atoms with Gasteiger partial charge in [0.05, 0.1) is 10.7 Å². The molecule has 10 heteroatoms. The van der Waals surface area contributed by atoms with E-state index in [1.54, 1.807) is 4.68 Å². The fraction of sp³-hybridized carbons (Fsp3) is 0.312. The largest absolute Gasteiger partial charge is 0.486 e. The minimum Gasteiger partial charge on any atom is -0.486 e. The Hall–Kier alpha value is -2.39. The normalized spacial score (nSPS) is 13.2. The highest BCUT2D eigenvalue weighted by Gasteiger charge is 2.18. The van der Waals surface area contributed by atoms with Gasteiger partial charge in [0.1, 0.15) is 13.2 Å². The molecule has 0 amide bonds. The molecule has 3 heterocycles. The Balaban J connectivity index is 1.54. The van der Waals surface area contributed by atoms with Gasteiger partial charge in [-0.15, -0.1) is 10.2 Å². The molecule has 0 saturated heterocycles. The smallest absolute Gasteiger partial charge is 0.271 e. The summed E-state index contributed by atoms with van der Waals surface area (Å²) in [5.74, 6) is 8.50. The second-order valence-electron chi connectivity index (χ2n) is 5.88. The zero-order chi connectivity index (χ0) is 18.3. The summed E-state index contributed by atoms with van der Waals surface area (Å²) >= 11 is 7.74. The second-order valence-corrected chi connectivity index (χ2v) is 7.23. The molecule has 1 aromatic carbocycles. The number of nitrogens with two attached hydrogens (primary N) is 1. The van der Waals surface area contributed by atoms with Crippen LogP contribution in [-0.4, -0.2) is 37.9 Å². The molecule has 2 N–H and O–H groups in total. The molecule has 1 aliphatic heterocycles. The molecule has 136 valence electrons. The molecule has 0 radical (unpaired) electrons. The average molecular weight is 393 g/mol. The highest BCUT2D eigenvalue weighted by molar-refractivity contribution is 7.98. The number of benzene rings is 1. The zero-order valence-electron chi connectivity index (χ0n) is 14.3. The third-order valence-electron chi connectivity index (χ3n) is 3.87. The predicted octanol–water partition coefficient (Wildman–Crippen LogP) is 2.51. The van der Waals surface area contributed by atoms with E-state index in [9.17, 15) is 0 Å². The van der Waals surface area contributed by atoms with Crippen LogP contribution in [0.3, 0.4) is 0 Å². The van der Waals surface area contributed by atoms with E-state index in [4.69, 9.17) is 26.9 Å². The summed E-state index contributed by atoms with van der Waals surface area (Å²) in [6.45, 7) is 4.88. The third kappa shape index (κ3) is 3.08. The standard InChI is InChI=1S/C16H17ClN6O2S/c1-9-5-10(2)23(21-9)15-19-20-16(22(15)18)26-8-11-6-12(17)14-13(7-11)24-3-4-25-14/h5-7H,3-4,8,18H2,1-2H3. The van der Waals surface area contributed by atoms with Gasteiger partial charge in [0.15, 0.2) is 11.5 Å². The van der Waals surface area contributed by atoms with E-state index < -0.39 is 0 Å². The van der Waals surface area contributed by atoms with Gasteiger partial charge in [-0.2, -0.15) is 5.10 Å². The molecule has 2 aromatic heterocycles. The summed E-state index contributed by atoms with van der Waals surface area (Å²) in [6.07, 6.45) is 0. The number of hydrogen-bond donors (Lipinski definition) is 1. The topological polar surface area (TPSA) is 93.0 Å². The zero-order valence-corrected chi connectivity index (χ0v) is 15.8. The molecule has 0 atom stereocenters. The van der Waals surface area contributed by atoms with Crippen LogP contribution in [0, 0.1) is 13.8 Å². The summed E-state index contributed by atoms with van der Waals surface area (Å²) in [6, 6.07) is 5.74. The van der Waals surface area contributed by atoms with Crippen molar-refractivity contribution in [2.45, 2.75) is 24.8 Å². The minimum absolute atomic E-state index is 0.471. The number of thioether (sulfide) groups is 1. The first-order chi connectivity index (χ1) is 12.5. The molecule has 26 heavy (non-hydrogen) atoms. The Morgan fingerprint density at radius 3 is 2.77 bits per heavy atom. The Bertz CT molecular complexity index is 970. The van der Waals surface area contributed by atoms with Crippen LogP contribution in [0.2, 0.25) is 5.02 Å². The molecule has 8 nitrogen and oxygen atoms in total. The third-order valence-corrected chi connectivity index (χ3v) is 5.17. The summed E-state index contributed by atoms with van der Waals surface area (Å²) in [5.41, 5.74) is 2.82. The second kappa shape index (κ2) is 6.73. The van der Waals surface area contributed by atoms with Gasteiger partial charge in [-0.05, 0) is 37.6 Å². The van der Waals surface area contributed by atoms with Crippen molar-refractivity contribution in [1.29, 1.82) is 0 Å². The molecule has 3 aromatic rings. The number of nitrogens with zero attached hydrogens (tertiary/aromatic N) is 5. The van der Waals surface area contributed by atoms with Gasteiger partial charge in [-0.25, -0.2) is 9.36 Å². The highest BCUT2D eigenvalue weighted by Crippen LogP contribution is 2.39.